The number of hydrogen-bond donors (Lipinski definition) is 1. The largest absolute Gasteiger partial charge is 0.335 e. The maximum atomic E-state index is 4.41. The van der Waals surface area contributed by atoms with Gasteiger partial charge in [-0.15, -0.1) is 5.10 Å². The summed E-state index contributed by atoms with van der Waals surface area (Å²) in [4.78, 5) is 4.41. The lowest BCUT2D eigenvalue weighted by atomic mass is 10.1. The summed E-state index contributed by atoms with van der Waals surface area (Å²) in [6, 6.07) is 0.187. The number of rotatable bonds is 6. The highest BCUT2D eigenvalue weighted by Crippen LogP contribution is 2.16. The van der Waals surface area contributed by atoms with E-state index in [1.807, 2.05) is 24.8 Å². The molecule has 0 aliphatic heterocycles. The lowest BCUT2D eigenvalue weighted by molar-refractivity contribution is 0.532. The Kier molecular flexibility index (Phi) is 4.22. The molecule has 2 aromatic rings. The summed E-state index contributed by atoms with van der Waals surface area (Å²) in [5.74, 6) is 1.10. The Morgan fingerprint density at radius 1 is 1.53 bits per heavy atom. The predicted molar refractivity (Wildman–Crippen MR) is 67.9 cm³/mol. The van der Waals surface area contributed by atoms with E-state index in [4.69, 9.17) is 0 Å². The average molecular weight is 251 g/mol. The number of imidazole rings is 1. The normalized spacial score (nSPS) is 12.8. The first-order valence-corrected chi connectivity index (χ1v) is 6.63. The molecule has 2 heterocycles. The molecule has 0 aliphatic rings. The van der Waals surface area contributed by atoms with E-state index in [1.54, 1.807) is 0 Å². The van der Waals surface area contributed by atoms with Gasteiger partial charge in [-0.05, 0) is 25.0 Å². The van der Waals surface area contributed by atoms with Gasteiger partial charge in [0.25, 0.3) is 0 Å². The van der Waals surface area contributed by atoms with Gasteiger partial charge in [0.05, 0.1) is 11.7 Å². The Hall–Kier alpha value is -1.27. The van der Waals surface area contributed by atoms with Crippen LogP contribution in [0.3, 0.4) is 0 Å². The van der Waals surface area contributed by atoms with Gasteiger partial charge < -0.3 is 9.88 Å². The maximum absolute atomic E-state index is 4.41. The minimum absolute atomic E-state index is 0.187. The second kappa shape index (κ2) is 5.88. The summed E-state index contributed by atoms with van der Waals surface area (Å²) >= 11 is 1.38. The molecule has 2 rings (SSSR count). The smallest absolute Gasteiger partial charge is 0.110 e. The molecule has 0 radical (unpaired) electrons. The molecule has 17 heavy (non-hydrogen) atoms. The molecule has 6 heteroatoms. The second-order valence-corrected chi connectivity index (χ2v) is 4.52. The van der Waals surface area contributed by atoms with Crippen LogP contribution < -0.4 is 5.32 Å². The van der Waals surface area contributed by atoms with Gasteiger partial charge in [0.2, 0.25) is 0 Å². The number of nitrogens with one attached hydrogen (secondary N) is 1. The Bertz CT molecular complexity index is 436. The number of aromatic nitrogens is 4. The van der Waals surface area contributed by atoms with Gasteiger partial charge in [-0.1, -0.05) is 11.4 Å². The van der Waals surface area contributed by atoms with Crippen LogP contribution in [-0.4, -0.2) is 26.2 Å². The van der Waals surface area contributed by atoms with Crippen LogP contribution in [0.15, 0.2) is 17.8 Å². The molecule has 0 fully saturated rings. The van der Waals surface area contributed by atoms with Crippen LogP contribution in [0.5, 0.6) is 0 Å². The van der Waals surface area contributed by atoms with Crippen molar-refractivity contribution < 1.29 is 0 Å². The van der Waals surface area contributed by atoms with Crippen molar-refractivity contribution in [1.82, 2.24) is 24.5 Å². The number of likely N-dealkylation sites (N-methyl/N-ethyl adjacent to an activating group) is 1. The van der Waals surface area contributed by atoms with Gasteiger partial charge in [0.1, 0.15) is 5.82 Å². The summed E-state index contributed by atoms with van der Waals surface area (Å²) in [6.07, 6.45) is 5.85. The number of nitrogens with zero attached hydrogens (tertiary/aromatic N) is 4. The zero-order valence-corrected chi connectivity index (χ0v) is 10.9. The van der Waals surface area contributed by atoms with E-state index in [-0.39, 0.29) is 6.04 Å². The third-order valence-electron chi connectivity index (χ3n) is 2.74. The first-order chi connectivity index (χ1) is 8.35. The van der Waals surface area contributed by atoms with Crippen LogP contribution in [0.2, 0.25) is 0 Å². The minimum Gasteiger partial charge on any atom is -0.335 e. The number of aryl methyl sites for hydroxylation is 1. The van der Waals surface area contributed by atoms with Crippen LogP contribution in [0, 0.1) is 0 Å². The fourth-order valence-electron chi connectivity index (χ4n) is 1.84. The van der Waals surface area contributed by atoms with Crippen molar-refractivity contribution in [3.8, 4) is 0 Å². The van der Waals surface area contributed by atoms with Gasteiger partial charge in [-0.3, -0.25) is 0 Å². The Labute approximate surface area is 105 Å². The van der Waals surface area contributed by atoms with Crippen molar-refractivity contribution in [2.75, 3.05) is 7.05 Å². The molecular formula is C11H17N5S. The van der Waals surface area contributed by atoms with Gasteiger partial charge in [-0.2, -0.15) is 0 Å². The zero-order valence-electron chi connectivity index (χ0n) is 10.1. The van der Waals surface area contributed by atoms with E-state index in [1.165, 1.54) is 11.5 Å². The molecular weight excluding hydrogens is 234 g/mol. The van der Waals surface area contributed by atoms with E-state index in [0.29, 0.717) is 0 Å². The van der Waals surface area contributed by atoms with E-state index in [9.17, 15) is 0 Å². The lowest BCUT2D eigenvalue weighted by Gasteiger charge is -2.14. The highest BCUT2D eigenvalue weighted by molar-refractivity contribution is 7.03. The summed E-state index contributed by atoms with van der Waals surface area (Å²) in [6.45, 7) is 3.19. The molecule has 1 N–H and O–H groups in total. The fraction of sp³-hybridized carbons (Fsp3) is 0.545. The molecule has 1 unspecified atom stereocenters. The molecule has 0 spiro atoms. The SMILES string of the molecule is CCCn1ccnc1CC(NC)c1csnn1. The molecule has 0 aliphatic carbocycles. The summed E-state index contributed by atoms with van der Waals surface area (Å²) in [5, 5.41) is 9.36. The Morgan fingerprint density at radius 2 is 2.41 bits per heavy atom. The molecule has 2 aromatic heterocycles. The molecule has 0 aromatic carbocycles. The third-order valence-corrected chi connectivity index (χ3v) is 3.26. The molecule has 0 saturated carbocycles. The first-order valence-electron chi connectivity index (χ1n) is 5.79. The van der Waals surface area contributed by atoms with Gasteiger partial charge in [0.15, 0.2) is 0 Å². The molecule has 1 atom stereocenters. The topological polar surface area (TPSA) is 55.6 Å². The summed E-state index contributed by atoms with van der Waals surface area (Å²) in [5.41, 5.74) is 0.989. The van der Waals surface area contributed by atoms with E-state index < -0.39 is 0 Å². The quantitative estimate of drug-likeness (QED) is 0.848. The van der Waals surface area contributed by atoms with Crippen LogP contribution in [0.1, 0.15) is 30.9 Å². The Morgan fingerprint density at radius 3 is 3.06 bits per heavy atom. The van der Waals surface area contributed by atoms with Gasteiger partial charge in [0, 0.05) is 30.7 Å². The third kappa shape index (κ3) is 2.89. The van der Waals surface area contributed by atoms with Crippen LogP contribution >= 0.6 is 11.5 Å². The fourth-order valence-corrected chi connectivity index (χ4v) is 2.34. The zero-order chi connectivity index (χ0) is 12.1. The van der Waals surface area contributed by atoms with E-state index >= 15 is 0 Å². The monoisotopic (exact) mass is 251 g/mol. The van der Waals surface area contributed by atoms with Crippen molar-refractivity contribution in [2.24, 2.45) is 0 Å². The van der Waals surface area contributed by atoms with Gasteiger partial charge >= 0.3 is 0 Å². The molecule has 0 saturated heterocycles. The second-order valence-electron chi connectivity index (χ2n) is 3.91. The van der Waals surface area contributed by atoms with Crippen LogP contribution in [0.4, 0.5) is 0 Å². The molecule has 92 valence electrons. The maximum Gasteiger partial charge on any atom is 0.110 e. The Balaban J connectivity index is 2.10. The first kappa shape index (κ1) is 12.2. The summed E-state index contributed by atoms with van der Waals surface area (Å²) < 4.78 is 6.10. The van der Waals surface area contributed by atoms with Crippen molar-refractivity contribution in [2.45, 2.75) is 32.4 Å². The average Bonchev–Trinajstić information content (AvgIpc) is 2.97. The highest BCUT2D eigenvalue weighted by atomic mass is 32.1. The molecule has 0 amide bonds. The van der Waals surface area contributed by atoms with Crippen molar-refractivity contribution in [1.29, 1.82) is 0 Å². The van der Waals surface area contributed by atoms with Crippen molar-refractivity contribution in [3.63, 3.8) is 0 Å². The number of hydrogen-bond acceptors (Lipinski definition) is 5. The minimum atomic E-state index is 0.187. The van der Waals surface area contributed by atoms with E-state index in [0.717, 1.165) is 30.9 Å². The standard InChI is InChI=1S/C11H17N5S/c1-3-5-16-6-4-13-11(16)7-9(12-2)10-8-17-15-14-10/h4,6,8-9,12H,3,5,7H2,1-2H3. The van der Waals surface area contributed by atoms with Crippen LogP contribution in [0.25, 0.3) is 0 Å². The van der Waals surface area contributed by atoms with Gasteiger partial charge in [-0.25, -0.2) is 4.98 Å². The van der Waals surface area contributed by atoms with E-state index in [2.05, 4.69) is 31.4 Å². The highest BCUT2D eigenvalue weighted by Gasteiger charge is 2.15. The van der Waals surface area contributed by atoms with Crippen molar-refractivity contribution >= 4 is 11.5 Å². The summed E-state index contributed by atoms with van der Waals surface area (Å²) in [7, 11) is 1.94. The molecule has 5 nitrogen and oxygen atoms in total. The lowest BCUT2D eigenvalue weighted by Crippen LogP contribution is -2.21. The van der Waals surface area contributed by atoms with Crippen molar-refractivity contribution in [3.05, 3.63) is 29.3 Å². The molecule has 0 bridgehead atoms. The van der Waals surface area contributed by atoms with Crippen LogP contribution in [-0.2, 0) is 13.0 Å². The predicted octanol–water partition coefficient (Wildman–Crippen LogP) is 1.65.